The van der Waals surface area contributed by atoms with Gasteiger partial charge in [0.2, 0.25) is 0 Å². The van der Waals surface area contributed by atoms with Crippen molar-refractivity contribution in [3.8, 4) is 0 Å². The number of benzene rings is 1. The minimum absolute atomic E-state index is 0.0162. The molecule has 0 spiro atoms. The minimum atomic E-state index is -0.0162. The fraction of sp³-hybridized carbons (Fsp3) is 0.312. The van der Waals surface area contributed by atoms with Gasteiger partial charge in [-0.15, -0.1) is 0 Å². The molecular weight excluding hydrogens is 300 g/mol. The van der Waals surface area contributed by atoms with Crippen LogP contribution in [0.5, 0.6) is 0 Å². The molecule has 0 amide bonds. The smallest absolute Gasteiger partial charge is 0.0422 e. The van der Waals surface area contributed by atoms with Crippen LogP contribution < -0.4 is 5.73 Å². The van der Waals surface area contributed by atoms with Crippen molar-refractivity contribution in [1.29, 1.82) is 0 Å². The van der Waals surface area contributed by atoms with E-state index in [0.29, 0.717) is 0 Å². The third kappa shape index (κ3) is 3.43. The number of nitrogens with zero attached hydrogens (tertiary/aromatic N) is 1. The molecule has 1 unspecified atom stereocenters. The standard InChI is InChI=1S/C16H19BrN2/c1-3-12-7-8-13(19-10-12)9-16(18)14-5-4-6-15(17)11(14)2/h4-8,10,16H,3,9,18H2,1-2H3. The first-order valence-electron chi connectivity index (χ1n) is 6.56. The Balaban J connectivity index is 2.15. The van der Waals surface area contributed by atoms with Gasteiger partial charge in [0.05, 0.1) is 0 Å². The molecule has 1 atom stereocenters. The van der Waals surface area contributed by atoms with Gasteiger partial charge >= 0.3 is 0 Å². The summed E-state index contributed by atoms with van der Waals surface area (Å²) in [5, 5.41) is 0. The van der Waals surface area contributed by atoms with Crippen molar-refractivity contribution in [2.75, 3.05) is 0 Å². The zero-order valence-electron chi connectivity index (χ0n) is 11.4. The molecule has 1 heterocycles. The van der Waals surface area contributed by atoms with Crippen molar-refractivity contribution in [3.05, 3.63) is 63.4 Å². The number of hydrogen-bond acceptors (Lipinski definition) is 2. The zero-order valence-corrected chi connectivity index (χ0v) is 12.9. The van der Waals surface area contributed by atoms with Crippen LogP contribution in [0.4, 0.5) is 0 Å². The van der Waals surface area contributed by atoms with Gasteiger partial charge in [-0.3, -0.25) is 4.98 Å². The van der Waals surface area contributed by atoms with E-state index in [1.54, 1.807) is 0 Å². The second-order valence-corrected chi connectivity index (χ2v) is 5.63. The summed E-state index contributed by atoms with van der Waals surface area (Å²) in [7, 11) is 0. The molecule has 1 aromatic carbocycles. The van der Waals surface area contributed by atoms with E-state index >= 15 is 0 Å². The molecule has 100 valence electrons. The molecule has 2 nitrogen and oxygen atoms in total. The lowest BCUT2D eigenvalue weighted by atomic mass is 9.98. The summed E-state index contributed by atoms with van der Waals surface area (Å²) in [6, 6.07) is 10.3. The first-order chi connectivity index (χ1) is 9.11. The molecule has 0 fully saturated rings. The third-order valence-electron chi connectivity index (χ3n) is 3.43. The number of nitrogens with two attached hydrogens (primary N) is 1. The molecule has 0 aliphatic carbocycles. The van der Waals surface area contributed by atoms with Crippen LogP contribution in [0, 0.1) is 6.92 Å². The van der Waals surface area contributed by atoms with E-state index in [1.165, 1.54) is 16.7 Å². The first kappa shape index (κ1) is 14.2. The minimum Gasteiger partial charge on any atom is -0.324 e. The maximum atomic E-state index is 6.31. The summed E-state index contributed by atoms with van der Waals surface area (Å²) in [5.41, 5.74) is 11.0. The Bertz CT molecular complexity index is 549. The molecule has 2 N–H and O–H groups in total. The summed E-state index contributed by atoms with van der Waals surface area (Å²) in [4.78, 5) is 4.48. The Hall–Kier alpha value is -1.19. The average Bonchev–Trinajstić information content (AvgIpc) is 2.42. The topological polar surface area (TPSA) is 38.9 Å². The highest BCUT2D eigenvalue weighted by molar-refractivity contribution is 9.10. The summed E-state index contributed by atoms with van der Waals surface area (Å²) in [6.07, 6.45) is 3.72. The molecule has 0 saturated carbocycles. The lowest BCUT2D eigenvalue weighted by Crippen LogP contribution is -2.15. The number of pyridine rings is 1. The van der Waals surface area contributed by atoms with Crippen molar-refractivity contribution in [2.24, 2.45) is 5.73 Å². The van der Waals surface area contributed by atoms with Crippen LogP contribution >= 0.6 is 15.9 Å². The average molecular weight is 319 g/mol. The Morgan fingerprint density at radius 3 is 2.68 bits per heavy atom. The highest BCUT2D eigenvalue weighted by Crippen LogP contribution is 2.25. The van der Waals surface area contributed by atoms with Gasteiger partial charge in [-0.25, -0.2) is 0 Å². The van der Waals surface area contributed by atoms with E-state index < -0.39 is 0 Å². The molecule has 0 saturated heterocycles. The highest BCUT2D eigenvalue weighted by atomic mass is 79.9. The van der Waals surface area contributed by atoms with Crippen molar-refractivity contribution < 1.29 is 0 Å². The number of halogens is 1. The van der Waals surface area contributed by atoms with Gasteiger partial charge in [0, 0.05) is 28.8 Å². The van der Waals surface area contributed by atoms with Crippen LogP contribution in [-0.4, -0.2) is 4.98 Å². The van der Waals surface area contributed by atoms with E-state index in [2.05, 4.69) is 53.0 Å². The number of aryl methyl sites for hydroxylation is 1. The quantitative estimate of drug-likeness (QED) is 0.926. The molecular formula is C16H19BrN2. The van der Waals surface area contributed by atoms with Gasteiger partial charge in [0.25, 0.3) is 0 Å². The lowest BCUT2D eigenvalue weighted by molar-refractivity contribution is 0.700. The summed E-state index contributed by atoms with van der Waals surface area (Å²) >= 11 is 3.55. The van der Waals surface area contributed by atoms with Crippen LogP contribution in [0.15, 0.2) is 41.0 Å². The summed E-state index contributed by atoms with van der Waals surface area (Å²) < 4.78 is 1.11. The fourth-order valence-corrected chi connectivity index (χ4v) is 2.53. The Kier molecular flexibility index (Phi) is 4.72. The molecule has 3 heteroatoms. The van der Waals surface area contributed by atoms with Gasteiger partial charge in [0.15, 0.2) is 0 Å². The molecule has 2 aromatic rings. The normalized spacial score (nSPS) is 12.4. The van der Waals surface area contributed by atoms with Crippen molar-refractivity contribution in [3.63, 3.8) is 0 Å². The van der Waals surface area contributed by atoms with Gasteiger partial charge in [-0.05, 0) is 42.2 Å². The SMILES string of the molecule is CCc1ccc(CC(N)c2cccc(Br)c2C)nc1. The van der Waals surface area contributed by atoms with Crippen LogP contribution in [0.2, 0.25) is 0 Å². The maximum absolute atomic E-state index is 6.31. The van der Waals surface area contributed by atoms with Gasteiger partial charge < -0.3 is 5.73 Å². The van der Waals surface area contributed by atoms with Crippen molar-refractivity contribution >= 4 is 15.9 Å². The predicted molar refractivity (Wildman–Crippen MR) is 83.1 cm³/mol. The Labute approximate surface area is 123 Å². The second kappa shape index (κ2) is 6.31. The number of rotatable bonds is 4. The summed E-state index contributed by atoms with van der Waals surface area (Å²) in [5.74, 6) is 0. The molecule has 0 aliphatic heterocycles. The Morgan fingerprint density at radius 1 is 1.26 bits per heavy atom. The Morgan fingerprint density at radius 2 is 2.05 bits per heavy atom. The van der Waals surface area contributed by atoms with Gasteiger partial charge in [-0.1, -0.05) is 41.1 Å². The second-order valence-electron chi connectivity index (χ2n) is 4.78. The molecule has 0 aliphatic rings. The molecule has 1 aromatic heterocycles. The predicted octanol–water partition coefficient (Wildman–Crippen LogP) is 3.96. The van der Waals surface area contributed by atoms with E-state index in [9.17, 15) is 0 Å². The van der Waals surface area contributed by atoms with Gasteiger partial charge in [0.1, 0.15) is 0 Å². The lowest BCUT2D eigenvalue weighted by Gasteiger charge is -2.15. The van der Waals surface area contributed by atoms with Crippen LogP contribution in [0.1, 0.15) is 35.3 Å². The summed E-state index contributed by atoms with van der Waals surface area (Å²) in [6.45, 7) is 4.22. The molecule has 0 bridgehead atoms. The van der Waals surface area contributed by atoms with Crippen molar-refractivity contribution in [1.82, 2.24) is 4.98 Å². The number of hydrogen-bond donors (Lipinski definition) is 1. The fourth-order valence-electron chi connectivity index (χ4n) is 2.15. The zero-order chi connectivity index (χ0) is 13.8. The molecule has 19 heavy (non-hydrogen) atoms. The van der Waals surface area contributed by atoms with Crippen LogP contribution in [0.25, 0.3) is 0 Å². The van der Waals surface area contributed by atoms with E-state index in [4.69, 9.17) is 5.73 Å². The molecule has 0 radical (unpaired) electrons. The largest absolute Gasteiger partial charge is 0.324 e. The van der Waals surface area contributed by atoms with E-state index in [1.807, 2.05) is 18.3 Å². The van der Waals surface area contributed by atoms with Crippen molar-refractivity contribution in [2.45, 2.75) is 32.7 Å². The monoisotopic (exact) mass is 318 g/mol. The maximum Gasteiger partial charge on any atom is 0.0422 e. The van der Waals surface area contributed by atoms with Crippen LogP contribution in [0.3, 0.4) is 0 Å². The van der Waals surface area contributed by atoms with E-state index in [-0.39, 0.29) is 6.04 Å². The molecule has 2 rings (SSSR count). The number of aromatic nitrogens is 1. The van der Waals surface area contributed by atoms with Crippen LogP contribution in [-0.2, 0) is 12.8 Å². The highest BCUT2D eigenvalue weighted by Gasteiger charge is 2.12. The van der Waals surface area contributed by atoms with Gasteiger partial charge in [-0.2, -0.15) is 0 Å². The first-order valence-corrected chi connectivity index (χ1v) is 7.35. The third-order valence-corrected chi connectivity index (χ3v) is 4.29. The van der Waals surface area contributed by atoms with E-state index in [0.717, 1.165) is 23.0 Å².